The maximum atomic E-state index is 13.9. The number of hydrogen-bond acceptors (Lipinski definition) is 8. The van der Waals surface area contributed by atoms with Gasteiger partial charge in [-0.1, -0.05) is 74.5 Å². The van der Waals surface area contributed by atoms with E-state index >= 15 is 0 Å². The molecule has 2 aromatic carbocycles. The molecular weight excluding hydrogens is 670 g/mol. The second kappa shape index (κ2) is 20.0. The number of carboxylic acids is 1. The predicted octanol–water partition coefficient (Wildman–Crippen LogP) is 3.92. The number of hydrogen-bond donors (Lipinski definition) is 5. The summed E-state index contributed by atoms with van der Waals surface area (Å²) in [6.07, 6.45) is 0.0397. The van der Waals surface area contributed by atoms with Gasteiger partial charge in [0.1, 0.15) is 36.4 Å². The van der Waals surface area contributed by atoms with Crippen molar-refractivity contribution in [2.45, 2.75) is 110 Å². The molecule has 1 aliphatic heterocycles. The van der Waals surface area contributed by atoms with E-state index in [0.717, 1.165) is 11.1 Å². The van der Waals surface area contributed by atoms with E-state index in [-0.39, 0.29) is 51.3 Å². The minimum atomic E-state index is -1.14. The smallest absolute Gasteiger partial charge is 0.408 e. The van der Waals surface area contributed by atoms with Gasteiger partial charge in [-0.3, -0.25) is 14.4 Å². The van der Waals surface area contributed by atoms with E-state index in [4.69, 9.17) is 9.47 Å². The standard InChI is InChI=1S/C38H53N5O9/c1-25(2)22-29(33(45)41-30(23-26-14-8-6-9-15-26)34(46)43-21-13-19-31(43)35(47)48)40-32(44)28(42-37(50)52-38(3,4)5)18-12-20-39-36(49)51-24-27-16-10-7-11-17-27/h6-11,14-17,25,28-31H,12-13,18-24H2,1-5H3,(H,39,49)(H,40,44)(H,41,45)(H,42,50)(H,47,48)/t28-,29-,30+,31-/m0/s1. The van der Waals surface area contributed by atoms with E-state index in [1.165, 1.54) is 4.90 Å². The van der Waals surface area contributed by atoms with E-state index < -0.39 is 65.6 Å². The molecule has 5 amide bonds. The number of likely N-dealkylation sites (tertiary alicyclic amines) is 1. The van der Waals surface area contributed by atoms with Crippen molar-refractivity contribution in [2.24, 2.45) is 5.92 Å². The van der Waals surface area contributed by atoms with Crippen LogP contribution in [0.4, 0.5) is 9.59 Å². The minimum absolute atomic E-state index is 0.0577. The molecule has 4 atom stereocenters. The van der Waals surface area contributed by atoms with Gasteiger partial charge in [-0.25, -0.2) is 14.4 Å². The van der Waals surface area contributed by atoms with E-state index in [9.17, 15) is 33.9 Å². The molecule has 14 heteroatoms. The molecule has 5 N–H and O–H groups in total. The van der Waals surface area contributed by atoms with Crippen molar-refractivity contribution in [3.05, 3.63) is 71.8 Å². The molecular formula is C38H53N5O9. The zero-order chi connectivity index (χ0) is 38.3. The Kier molecular flexibility index (Phi) is 15.9. The Labute approximate surface area is 305 Å². The third-order valence-electron chi connectivity index (χ3n) is 8.22. The van der Waals surface area contributed by atoms with Crippen LogP contribution >= 0.6 is 0 Å². The molecule has 52 heavy (non-hydrogen) atoms. The summed E-state index contributed by atoms with van der Waals surface area (Å²) < 4.78 is 10.6. The first kappa shape index (κ1) is 41.3. The number of aliphatic carboxylic acids is 1. The molecule has 0 aromatic heterocycles. The highest BCUT2D eigenvalue weighted by molar-refractivity contribution is 5.95. The summed E-state index contributed by atoms with van der Waals surface area (Å²) in [5.74, 6) is -2.96. The Morgan fingerprint density at radius 1 is 0.827 bits per heavy atom. The maximum absolute atomic E-state index is 13.9. The topological polar surface area (TPSA) is 192 Å². The molecule has 1 fully saturated rings. The van der Waals surface area contributed by atoms with Gasteiger partial charge in [-0.05, 0) is 69.9 Å². The molecule has 1 heterocycles. The molecule has 284 valence electrons. The predicted molar refractivity (Wildman–Crippen MR) is 193 cm³/mol. The first-order chi connectivity index (χ1) is 24.6. The van der Waals surface area contributed by atoms with Gasteiger partial charge in [0.15, 0.2) is 0 Å². The van der Waals surface area contributed by atoms with Crippen LogP contribution in [0.1, 0.15) is 77.8 Å². The largest absolute Gasteiger partial charge is 0.480 e. The zero-order valence-electron chi connectivity index (χ0n) is 30.7. The Morgan fingerprint density at radius 2 is 1.42 bits per heavy atom. The highest BCUT2D eigenvalue weighted by atomic mass is 16.6. The quantitative estimate of drug-likeness (QED) is 0.151. The van der Waals surface area contributed by atoms with Gasteiger partial charge < -0.3 is 40.7 Å². The van der Waals surface area contributed by atoms with Crippen LogP contribution in [0.3, 0.4) is 0 Å². The SMILES string of the molecule is CC(C)C[C@H](NC(=O)[C@H](CCCNC(=O)OCc1ccccc1)NC(=O)OC(C)(C)C)C(=O)N[C@H](Cc1ccccc1)C(=O)N1CCC[C@H]1C(=O)O. The lowest BCUT2D eigenvalue weighted by molar-refractivity contribution is -0.149. The summed E-state index contributed by atoms with van der Waals surface area (Å²) in [7, 11) is 0. The Morgan fingerprint density at radius 3 is 2.02 bits per heavy atom. The fourth-order valence-electron chi connectivity index (χ4n) is 5.77. The third-order valence-corrected chi connectivity index (χ3v) is 8.22. The highest BCUT2D eigenvalue weighted by Crippen LogP contribution is 2.20. The number of alkyl carbamates (subject to hydrolysis) is 2. The van der Waals surface area contributed by atoms with Gasteiger partial charge in [-0.15, -0.1) is 0 Å². The first-order valence-corrected chi connectivity index (χ1v) is 17.7. The number of carbonyl (C=O) groups is 6. The van der Waals surface area contributed by atoms with Gasteiger partial charge in [0.25, 0.3) is 0 Å². The van der Waals surface area contributed by atoms with E-state index in [0.29, 0.717) is 12.8 Å². The number of benzene rings is 2. The number of rotatable bonds is 17. The number of carbonyl (C=O) groups excluding carboxylic acids is 5. The lowest BCUT2D eigenvalue weighted by Crippen LogP contribution is -2.58. The van der Waals surface area contributed by atoms with Gasteiger partial charge in [0, 0.05) is 19.5 Å². The van der Waals surface area contributed by atoms with Crippen LogP contribution in [0.5, 0.6) is 0 Å². The molecule has 0 bridgehead atoms. The van der Waals surface area contributed by atoms with E-state index in [1.54, 1.807) is 32.9 Å². The van der Waals surface area contributed by atoms with Crippen LogP contribution in [0.15, 0.2) is 60.7 Å². The van der Waals surface area contributed by atoms with Crippen molar-refractivity contribution >= 4 is 35.9 Å². The van der Waals surface area contributed by atoms with Crippen LogP contribution in [-0.2, 0) is 41.7 Å². The summed E-state index contributed by atoms with van der Waals surface area (Å²) in [5.41, 5.74) is 0.743. The second-order valence-electron chi connectivity index (χ2n) is 14.3. The maximum Gasteiger partial charge on any atom is 0.408 e. The average molecular weight is 724 g/mol. The molecule has 0 spiro atoms. The number of amides is 5. The van der Waals surface area contributed by atoms with Gasteiger partial charge in [0.2, 0.25) is 17.7 Å². The zero-order valence-corrected chi connectivity index (χ0v) is 30.7. The second-order valence-corrected chi connectivity index (χ2v) is 14.3. The molecule has 0 unspecified atom stereocenters. The molecule has 0 radical (unpaired) electrons. The lowest BCUT2D eigenvalue weighted by Gasteiger charge is -2.30. The summed E-state index contributed by atoms with van der Waals surface area (Å²) in [6, 6.07) is 13.9. The van der Waals surface area contributed by atoms with Gasteiger partial charge in [-0.2, -0.15) is 0 Å². The molecule has 2 aromatic rings. The number of nitrogens with zero attached hydrogens (tertiary/aromatic N) is 1. The average Bonchev–Trinajstić information content (AvgIpc) is 3.58. The van der Waals surface area contributed by atoms with Crippen LogP contribution in [-0.4, -0.2) is 88.7 Å². The van der Waals surface area contributed by atoms with E-state index in [2.05, 4.69) is 21.3 Å². The van der Waals surface area contributed by atoms with Crippen molar-refractivity contribution in [1.82, 2.24) is 26.2 Å². The molecule has 0 aliphatic carbocycles. The Balaban J connectivity index is 1.72. The molecule has 14 nitrogen and oxygen atoms in total. The highest BCUT2D eigenvalue weighted by Gasteiger charge is 2.39. The molecule has 1 saturated heterocycles. The summed E-state index contributed by atoms with van der Waals surface area (Å²) in [5, 5.41) is 20.5. The monoisotopic (exact) mass is 723 g/mol. The number of ether oxygens (including phenoxy) is 2. The molecule has 3 rings (SSSR count). The van der Waals surface area contributed by atoms with Crippen LogP contribution < -0.4 is 21.3 Å². The summed E-state index contributed by atoms with van der Waals surface area (Å²) in [4.78, 5) is 79.6. The van der Waals surface area contributed by atoms with Gasteiger partial charge >= 0.3 is 18.2 Å². The Hall–Kier alpha value is -5.14. The van der Waals surface area contributed by atoms with Crippen molar-refractivity contribution in [1.29, 1.82) is 0 Å². The molecule has 0 saturated carbocycles. The van der Waals surface area contributed by atoms with Crippen molar-refractivity contribution in [3.8, 4) is 0 Å². The number of carboxylic acid groups (broad SMARTS) is 1. The van der Waals surface area contributed by atoms with Crippen LogP contribution in [0.2, 0.25) is 0 Å². The van der Waals surface area contributed by atoms with Crippen LogP contribution in [0, 0.1) is 5.92 Å². The Bertz CT molecular complexity index is 1500. The fourth-order valence-corrected chi connectivity index (χ4v) is 5.77. The van der Waals surface area contributed by atoms with Gasteiger partial charge in [0.05, 0.1) is 0 Å². The lowest BCUT2D eigenvalue weighted by atomic mass is 10.00. The fraction of sp³-hybridized carbons (Fsp3) is 0.526. The normalized spacial score (nSPS) is 15.9. The summed E-state index contributed by atoms with van der Waals surface area (Å²) in [6.45, 7) is 9.28. The van der Waals surface area contributed by atoms with Crippen LogP contribution in [0.25, 0.3) is 0 Å². The number of nitrogens with one attached hydrogen (secondary N) is 4. The molecule has 1 aliphatic rings. The third kappa shape index (κ3) is 14.2. The van der Waals surface area contributed by atoms with E-state index in [1.807, 2.05) is 62.4 Å². The van der Waals surface area contributed by atoms with Crippen molar-refractivity contribution in [3.63, 3.8) is 0 Å². The first-order valence-electron chi connectivity index (χ1n) is 17.7. The minimum Gasteiger partial charge on any atom is -0.480 e. The summed E-state index contributed by atoms with van der Waals surface area (Å²) >= 11 is 0. The van der Waals surface area contributed by atoms with Crippen molar-refractivity contribution in [2.75, 3.05) is 13.1 Å². The van der Waals surface area contributed by atoms with Crippen molar-refractivity contribution < 1.29 is 43.3 Å².